The minimum absolute atomic E-state index is 0. The lowest BCUT2D eigenvalue weighted by Crippen LogP contribution is -2.33. The summed E-state index contributed by atoms with van der Waals surface area (Å²) in [5.41, 5.74) is 7.66. The van der Waals surface area contributed by atoms with Gasteiger partial charge in [0.1, 0.15) is 12.7 Å². The summed E-state index contributed by atoms with van der Waals surface area (Å²) in [7, 11) is 0. The van der Waals surface area contributed by atoms with Crippen molar-refractivity contribution in [1.29, 1.82) is 0 Å². The molecule has 1 heterocycles. The summed E-state index contributed by atoms with van der Waals surface area (Å²) in [6.45, 7) is 3.30. The summed E-state index contributed by atoms with van der Waals surface area (Å²) in [6.07, 6.45) is 3.18. The minimum atomic E-state index is -0.169. The fourth-order valence-electron chi connectivity index (χ4n) is 1.84. The van der Waals surface area contributed by atoms with Gasteiger partial charge in [0.2, 0.25) is 5.91 Å². The number of hydrogen-bond donors (Lipinski definition) is 2. The van der Waals surface area contributed by atoms with Crippen molar-refractivity contribution in [2.24, 2.45) is 11.7 Å². The van der Waals surface area contributed by atoms with E-state index in [2.05, 4.69) is 15.4 Å². The van der Waals surface area contributed by atoms with Crippen LogP contribution in [-0.4, -0.2) is 27.2 Å². The van der Waals surface area contributed by atoms with Crippen molar-refractivity contribution in [3.05, 3.63) is 48.0 Å². The van der Waals surface area contributed by atoms with Gasteiger partial charge in [-0.25, -0.2) is 9.67 Å². The van der Waals surface area contributed by atoms with Crippen LogP contribution in [0.25, 0.3) is 0 Å². The third-order valence-electron chi connectivity index (χ3n) is 3.17. The molecule has 3 N–H and O–H groups in total. The van der Waals surface area contributed by atoms with Crippen LogP contribution in [0.5, 0.6) is 0 Å². The molecular formula is C14H21Cl2N5O. The van der Waals surface area contributed by atoms with Crippen molar-refractivity contribution in [2.45, 2.75) is 20.0 Å². The van der Waals surface area contributed by atoms with E-state index in [9.17, 15) is 4.79 Å². The van der Waals surface area contributed by atoms with Gasteiger partial charge in [0.05, 0.1) is 6.54 Å². The van der Waals surface area contributed by atoms with Crippen molar-refractivity contribution < 1.29 is 4.79 Å². The minimum Gasteiger partial charge on any atom is -0.352 e. The first-order valence-corrected chi connectivity index (χ1v) is 6.57. The Morgan fingerprint density at radius 2 is 2.00 bits per heavy atom. The highest BCUT2D eigenvalue weighted by atomic mass is 35.5. The molecule has 0 aliphatic heterocycles. The predicted octanol–water partition coefficient (Wildman–Crippen LogP) is 1.38. The van der Waals surface area contributed by atoms with E-state index in [-0.39, 0.29) is 36.6 Å². The number of nitrogens with zero attached hydrogens (tertiary/aromatic N) is 3. The molecule has 0 radical (unpaired) electrons. The molecule has 0 saturated heterocycles. The molecule has 0 fully saturated rings. The Bertz CT molecular complexity index is 562. The third kappa shape index (κ3) is 5.63. The van der Waals surface area contributed by atoms with E-state index >= 15 is 0 Å². The first kappa shape index (κ1) is 20.4. The molecular weight excluding hydrogens is 325 g/mol. The van der Waals surface area contributed by atoms with Gasteiger partial charge in [-0.2, -0.15) is 5.10 Å². The second kappa shape index (κ2) is 10.2. The van der Waals surface area contributed by atoms with Crippen LogP contribution in [0, 0.1) is 5.92 Å². The Kier molecular flexibility index (Phi) is 9.40. The van der Waals surface area contributed by atoms with Gasteiger partial charge in [-0.1, -0.05) is 31.2 Å². The van der Waals surface area contributed by atoms with E-state index in [1.165, 1.54) is 6.33 Å². The molecule has 1 unspecified atom stereocenters. The smallest absolute Gasteiger partial charge is 0.224 e. The van der Waals surface area contributed by atoms with E-state index in [4.69, 9.17) is 5.73 Å². The zero-order chi connectivity index (χ0) is 14.4. The average molecular weight is 346 g/mol. The first-order valence-electron chi connectivity index (χ1n) is 6.57. The van der Waals surface area contributed by atoms with Crippen LogP contribution in [0.2, 0.25) is 0 Å². The van der Waals surface area contributed by atoms with Crippen LogP contribution in [0.3, 0.4) is 0 Å². The number of aromatic nitrogens is 3. The molecule has 1 aromatic heterocycles. The Morgan fingerprint density at radius 3 is 2.59 bits per heavy atom. The molecule has 0 aliphatic carbocycles. The van der Waals surface area contributed by atoms with Gasteiger partial charge in [0, 0.05) is 19.0 Å². The quantitative estimate of drug-likeness (QED) is 0.828. The largest absolute Gasteiger partial charge is 0.352 e. The lowest BCUT2D eigenvalue weighted by Gasteiger charge is -2.13. The Morgan fingerprint density at radius 1 is 1.32 bits per heavy atom. The molecule has 1 aromatic carbocycles. The van der Waals surface area contributed by atoms with Gasteiger partial charge in [-0.05, 0) is 11.1 Å². The Balaban J connectivity index is 0.00000220. The highest BCUT2D eigenvalue weighted by molar-refractivity contribution is 5.85. The van der Waals surface area contributed by atoms with E-state index in [0.29, 0.717) is 19.6 Å². The third-order valence-corrected chi connectivity index (χ3v) is 3.17. The highest BCUT2D eigenvalue weighted by Gasteiger charge is 2.11. The molecule has 1 amide bonds. The monoisotopic (exact) mass is 345 g/mol. The number of halogens is 2. The molecule has 122 valence electrons. The van der Waals surface area contributed by atoms with E-state index in [1.54, 1.807) is 11.0 Å². The van der Waals surface area contributed by atoms with E-state index in [0.717, 1.165) is 11.1 Å². The number of nitrogens with two attached hydrogens (primary N) is 1. The van der Waals surface area contributed by atoms with E-state index in [1.807, 2.05) is 31.2 Å². The van der Waals surface area contributed by atoms with Crippen molar-refractivity contribution in [3.8, 4) is 0 Å². The number of amides is 1. The summed E-state index contributed by atoms with van der Waals surface area (Å²) in [5, 5.41) is 7.00. The van der Waals surface area contributed by atoms with Crippen molar-refractivity contribution in [3.63, 3.8) is 0 Å². The SMILES string of the molecule is CC(CN)C(=O)NCc1ccccc1Cn1cncn1.Cl.Cl. The number of nitrogens with one attached hydrogen (secondary N) is 1. The second-order valence-electron chi connectivity index (χ2n) is 4.72. The maximum absolute atomic E-state index is 11.8. The van der Waals surface area contributed by atoms with E-state index < -0.39 is 0 Å². The van der Waals surface area contributed by atoms with Crippen LogP contribution in [0.4, 0.5) is 0 Å². The standard InChI is InChI=1S/C14H19N5O.2ClH/c1-11(6-15)14(20)17-7-12-4-2-3-5-13(12)8-19-10-16-9-18-19;;/h2-5,9-11H,6-8,15H2,1H3,(H,17,20);2*1H. The molecule has 0 spiro atoms. The van der Waals surface area contributed by atoms with Gasteiger partial charge in [0.15, 0.2) is 0 Å². The van der Waals surface area contributed by atoms with Crippen LogP contribution >= 0.6 is 24.8 Å². The number of carbonyl (C=O) groups is 1. The molecule has 0 saturated carbocycles. The van der Waals surface area contributed by atoms with Gasteiger partial charge in [-0.3, -0.25) is 4.79 Å². The maximum Gasteiger partial charge on any atom is 0.224 e. The van der Waals surface area contributed by atoms with Crippen LogP contribution < -0.4 is 11.1 Å². The predicted molar refractivity (Wildman–Crippen MR) is 90.1 cm³/mol. The maximum atomic E-state index is 11.8. The topological polar surface area (TPSA) is 85.8 Å². The lowest BCUT2D eigenvalue weighted by molar-refractivity contribution is -0.124. The molecule has 0 aliphatic rings. The number of rotatable bonds is 6. The first-order chi connectivity index (χ1) is 9.70. The van der Waals surface area contributed by atoms with Gasteiger partial charge >= 0.3 is 0 Å². The number of carbonyl (C=O) groups excluding carboxylic acids is 1. The normalized spacial score (nSPS) is 11.0. The number of hydrogen-bond acceptors (Lipinski definition) is 4. The molecule has 2 rings (SSSR count). The summed E-state index contributed by atoms with van der Waals surface area (Å²) in [5.74, 6) is -0.194. The van der Waals surface area contributed by atoms with Crippen LogP contribution in [0.15, 0.2) is 36.9 Å². The molecule has 1 atom stereocenters. The Hall–Kier alpha value is -1.63. The van der Waals surface area contributed by atoms with Crippen LogP contribution in [0.1, 0.15) is 18.1 Å². The van der Waals surface area contributed by atoms with Crippen molar-refractivity contribution in [1.82, 2.24) is 20.1 Å². The fraction of sp³-hybridized carbons (Fsp3) is 0.357. The van der Waals surface area contributed by atoms with Crippen LogP contribution in [-0.2, 0) is 17.9 Å². The van der Waals surface area contributed by atoms with Gasteiger partial charge in [0.25, 0.3) is 0 Å². The summed E-state index contributed by atoms with van der Waals surface area (Å²) >= 11 is 0. The molecule has 0 bridgehead atoms. The molecule has 6 nitrogen and oxygen atoms in total. The zero-order valence-electron chi connectivity index (χ0n) is 12.3. The lowest BCUT2D eigenvalue weighted by atomic mass is 10.1. The Labute approximate surface area is 142 Å². The zero-order valence-corrected chi connectivity index (χ0v) is 13.9. The summed E-state index contributed by atoms with van der Waals surface area (Å²) in [4.78, 5) is 15.7. The fourth-order valence-corrected chi connectivity index (χ4v) is 1.84. The van der Waals surface area contributed by atoms with Gasteiger partial charge in [-0.15, -0.1) is 24.8 Å². The summed E-state index contributed by atoms with van der Waals surface area (Å²) < 4.78 is 1.75. The van der Waals surface area contributed by atoms with Crippen molar-refractivity contribution >= 4 is 30.7 Å². The molecule has 8 heteroatoms. The average Bonchev–Trinajstić information content (AvgIpc) is 2.98. The second-order valence-corrected chi connectivity index (χ2v) is 4.72. The van der Waals surface area contributed by atoms with Crippen molar-refractivity contribution in [2.75, 3.05) is 6.54 Å². The molecule has 2 aromatic rings. The highest BCUT2D eigenvalue weighted by Crippen LogP contribution is 2.10. The number of benzene rings is 1. The molecule has 22 heavy (non-hydrogen) atoms. The summed E-state index contributed by atoms with van der Waals surface area (Å²) in [6, 6.07) is 7.95. The van der Waals surface area contributed by atoms with Gasteiger partial charge < -0.3 is 11.1 Å².